The van der Waals surface area contributed by atoms with Crippen molar-refractivity contribution in [2.75, 3.05) is 12.8 Å². The summed E-state index contributed by atoms with van der Waals surface area (Å²) in [7, 11) is 1.63. The topological polar surface area (TPSA) is 44.5 Å². The molecule has 0 aromatic heterocycles. The average Bonchev–Trinajstić information content (AvgIpc) is 2.41. The van der Waals surface area contributed by atoms with Gasteiger partial charge in [-0.15, -0.1) is 0 Å². The van der Waals surface area contributed by atoms with Gasteiger partial charge in [-0.3, -0.25) is 0 Å². The highest BCUT2D eigenvalue weighted by Crippen LogP contribution is 2.38. The van der Waals surface area contributed by atoms with E-state index < -0.39 is 0 Å². The van der Waals surface area contributed by atoms with E-state index in [0.29, 0.717) is 11.5 Å². The predicted molar refractivity (Wildman–Crippen MR) is 82.6 cm³/mol. The monoisotopic (exact) mass is 289 g/mol. The van der Waals surface area contributed by atoms with Crippen molar-refractivity contribution < 1.29 is 13.9 Å². The zero-order chi connectivity index (χ0) is 15.6. The molecule has 112 valence electrons. The molecule has 2 aromatic rings. The van der Waals surface area contributed by atoms with Crippen LogP contribution in [0.2, 0.25) is 0 Å². The van der Waals surface area contributed by atoms with E-state index in [2.05, 4.69) is 20.8 Å². The molecule has 0 saturated heterocycles. The highest BCUT2D eigenvalue weighted by molar-refractivity contribution is 5.55. The van der Waals surface area contributed by atoms with Crippen LogP contribution in [0.4, 0.5) is 10.1 Å². The Morgan fingerprint density at radius 2 is 1.67 bits per heavy atom. The molecule has 0 bridgehead atoms. The van der Waals surface area contributed by atoms with E-state index in [4.69, 9.17) is 15.2 Å². The van der Waals surface area contributed by atoms with E-state index in [1.165, 1.54) is 18.2 Å². The van der Waals surface area contributed by atoms with Gasteiger partial charge in [-0.2, -0.15) is 0 Å². The van der Waals surface area contributed by atoms with Crippen molar-refractivity contribution in [2.24, 2.45) is 0 Å². The van der Waals surface area contributed by atoms with Crippen LogP contribution in [0, 0.1) is 5.82 Å². The number of methoxy groups -OCH3 is 1. The van der Waals surface area contributed by atoms with Gasteiger partial charge in [0.25, 0.3) is 0 Å². The second-order valence-electron chi connectivity index (χ2n) is 5.90. The van der Waals surface area contributed by atoms with Crippen molar-refractivity contribution >= 4 is 5.69 Å². The first-order valence-electron chi connectivity index (χ1n) is 6.72. The summed E-state index contributed by atoms with van der Waals surface area (Å²) in [5.74, 6) is 1.50. The van der Waals surface area contributed by atoms with Gasteiger partial charge in [-0.1, -0.05) is 20.8 Å². The van der Waals surface area contributed by atoms with Gasteiger partial charge >= 0.3 is 0 Å². The molecule has 0 amide bonds. The number of anilines is 1. The summed E-state index contributed by atoms with van der Waals surface area (Å²) in [6.45, 7) is 6.26. The second kappa shape index (κ2) is 5.64. The fraction of sp³-hybridized carbons (Fsp3) is 0.294. The van der Waals surface area contributed by atoms with Gasteiger partial charge in [-0.25, -0.2) is 4.39 Å². The molecule has 0 radical (unpaired) electrons. The van der Waals surface area contributed by atoms with Gasteiger partial charge in [0, 0.05) is 11.6 Å². The van der Waals surface area contributed by atoms with E-state index in [1.54, 1.807) is 7.11 Å². The Balaban J connectivity index is 2.44. The van der Waals surface area contributed by atoms with Crippen LogP contribution in [0.5, 0.6) is 17.2 Å². The lowest BCUT2D eigenvalue weighted by Gasteiger charge is -2.23. The fourth-order valence-corrected chi connectivity index (χ4v) is 2.04. The van der Waals surface area contributed by atoms with Crippen molar-refractivity contribution in [3.05, 3.63) is 47.8 Å². The molecular weight excluding hydrogens is 269 g/mol. The zero-order valence-electron chi connectivity index (χ0n) is 12.7. The number of rotatable bonds is 3. The molecule has 0 aliphatic heterocycles. The van der Waals surface area contributed by atoms with Crippen LogP contribution < -0.4 is 15.2 Å². The number of nitrogens with two attached hydrogens (primary N) is 1. The number of hydrogen-bond acceptors (Lipinski definition) is 3. The molecular formula is C17H20FNO2. The smallest absolute Gasteiger partial charge is 0.150 e. The van der Waals surface area contributed by atoms with Crippen LogP contribution in [-0.4, -0.2) is 7.11 Å². The first-order chi connectivity index (χ1) is 9.81. The van der Waals surface area contributed by atoms with E-state index in [1.807, 2.05) is 18.2 Å². The molecule has 0 aliphatic carbocycles. The van der Waals surface area contributed by atoms with Gasteiger partial charge < -0.3 is 15.2 Å². The van der Waals surface area contributed by atoms with E-state index in [0.717, 1.165) is 11.3 Å². The van der Waals surface area contributed by atoms with Crippen LogP contribution in [0.25, 0.3) is 0 Å². The Bertz CT molecular complexity index is 648. The third-order valence-corrected chi connectivity index (χ3v) is 3.19. The molecule has 2 N–H and O–H groups in total. The zero-order valence-corrected chi connectivity index (χ0v) is 12.7. The van der Waals surface area contributed by atoms with Crippen molar-refractivity contribution in [2.45, 2.75) is 26.2 Å². The molecule has 0 unspecified atom stereocenters. The third kappa shape index (κ3) is 3.45. The molecule has 4 heteroatoms. The maximum atomic E-state index is 13.1. The van der Waals surface area contributed by atoms with Crippen molar-refractivity contribution in [3.8, 4) is 17.2 Å². The Kier molecular flexibility index (Phi) is 4.07. The quantitative estimate of drug-likeness (QED) is 0.846. The molecule has 2 rings (SSSR count). The van der Waals surface area contributed by atoms with E-state index >= 15 is 0 Å². The first-order valence-corrected chi connectivity index (χ1v) is 6.72. The Morgan fingerprint density at radius 1 is 1.00 bits per heavy atom. The van der Waals surface area contributed by atoms with Gasteiger partial charge in [0.1, 0.15) is 17.3 Å². The maximum absolute atomic E-state index is 13.1. The van der Waals surface area contributed by atoms with E-state index in [-0.39, 0.29) is 16.9 Å². The summed E-state index contributed by atoms with van der Waals surface area (Å²) in [4.78, 5) is 0. The first kappa shape index (κ1) is 15.2. The second-order valence-corrected chi connectivity index (χ2v) is 5.90. The number of benzene rings is 2. The number of nitrogen functional groups attached to an aromatic ring is 1. The summed E-state index contributed by atoms with van der Waals surface area (Å²) < 4.78 is 24.2. The van der Waals surface area contributed by atoms with Gasteiger partial charge in [0.2, 0.25) is 0 Å². The number of ether oxygens (including phenoxy) is 2. The SMILES string of the molecule is COc1ccc(Oc2ccc(F)cc2N)c(C(C)(C)C)c1. The Labute approximate surface area is 124 Å². The van der Waals surface area contributed by atoms with Gasteiger partial charge in [0.05, 0.1) is 12.8 Å². The van der Waals surface area contributed by atoms with Gasteiger partial charge in [0.15, 0.2) is 5.75 Å². The van der Waals surface area contributed by atoms with Crippen LogP contribution in [0.1, 0.15) is 26.3 Å². The summed E-state index contributed by atoms with van der Waals surface area (Å²) in [6.07, 6.45) is 0. The summed E-state index contributed by atoms with van der Waals surface area (Å²) in [5.41, 5.74) is 6.93. The highest BCUT2D eigenvalue weighted by atomic mass is 19.1. The van der Waals surface area contributed by atoms with E-state index in [9.17, 15) is 4.39 Å². The van der Waals surface area contributed by atoms with Crippen LogP contribution >= 0.6 is 0 Å². The standard InChI is InChI=1S/C17H20FNO2/c1-17(2,3)13-10-12(20-4)6-8-15(13)21-16-7-5-11(18)9-14(16)19/h5-10H,19H2,1-4H3. The minimum atomic E-state index is -0.384. The number of hydrogen-bond donors (Lipinski definition) is 1. The Morgan fingerprint density at radius 3 is 2.24 bits per heavy atom. The van der Waals surface area contributed by atoms with Gasteiger partial charge in [-0.05, 0) is 35.7 Å². The maximum Gasteiger partial charge on any atom is 0.150 e. The molecule has 0 aliphatic rings. The van der Waals surface area contributed by atoms with Crippen LogP contribution in [-0.2, 0) is 5.41 Å². The Hall–Kier alpha value is -2.23. The summed E-state index contributed by atoms with van der Waals surface area (Å²) in [5, 5.41) is 0. The highest BCUT2D eigenvalue weighted by Gasteiger charge is 2.21. The molecule has 0 heterocycles. The van der Waals surface area contributed by atoms with Crippen molar-refractivity contribution in [1.82, 2.24) is 0 Å². The molecule has 0 spiro atoms. The summed E-state index contributed by atoms with van der Waals surface area (Å²) in [6, 6.07) is 9.70. The molecule has 2 aromatic carbocycles. The lowest BCUT2D eigenvalue weighted by molar-refractivity contribution is 0.407. The predicted octanol–water partition coefficient (Wildman–Crippen LogP) is 4.51. The lowest BCUT2D eigenvalue weighted by atomic mass is 9.86. The molecule has 0 fully saturated rings. The average molecular weight is 289 g/mol. The lowest BCUT2D eigenvalue weighted by Crippen LogP contribution is -2.13. The van der Waals surface area contributed by atoms with Crippen LogP contribution in [0.3, 0.4) is 0 Å². The largest absolute Gasteiger partial charge is 0.497 e. The minimum absolute atomic E-state index is 0.126. The molecule has 21 heavy (non-hydrogen) atoms. The third-order valence-electron chi connectivity index (χ3n) is 3.19. The normalized spacial score (nSPS) is 11.3. The fourth-order valence-electron chi connectivity index (χ4n) is 2.04. The molecule has 3 nitrogen and oxygen atoms in total. The van der Waals surface area contributed by atoms with Crippen LogP contribution in [0.15, 0.2) is 36.4 Å². The number of halogens is 1. The van der Waals surface area contributed by atoms with Crippen molar-refractivity contribution in [1.29, 1.82) is 0 Å². The van der Waals surface area contributed by atoms with Crippen molar-refractivity contribution in [3.63, 3.8) is 0 Å². The molecule has 0 saturated carbocycles. The minimum Gasteiger partial charge on any atom is -0.497 e. The summed E-state index contributed by atoms with van der Waals surface area (Å²) >= 11 is 0. The molecule has 0 atom stereocenters.